The van der Waals surface area contributed by atoms with Crippen LogP contribution in [0.5, 0.6) is 5.88 Å². The Morgan fingerprint density at radius 2 is 2.00 bits per heavy atom. The lowest BCUT2D eigenvalue weighted by atomic mass is 10.1. The minimum absolute atomic E-state index is 0.115. The molecule has 3 heterocycles. The Hall–Kier alpha value is -3.36. The van der Waals surface area contributed by atoms with Crippen LogP contribution in [0, 0.1) is 0 Å². The van der Waals surface area contributed by atoms with E-state index < -0.39 is 25.1 Å². The molecule has 0 saturated heterocycles. The van der Waals surface area contributed by atoms with E-state index >= 15 is 0 Å². The third-order valence-electron chi connectivity index (χ3n) is 3.70. The normalized spacial score (nSPS) is 12.0. The maximum absolute atomic E-state index is 12.1. The molecular weight excluding hydrogens is 361 g/mol. The van der Waals surface area contributed by atoms with Crippen molar-refractivity contribution >= 4 is 23.0 Å². The fourth-order valence-corrected chi connectivity index (χ4v) is 2.40. The van der Waals surface area contributed by atoms with Crippen LogP contribution < -0.4 is 10.5 Å². The number of ether oxygens (including phenoxy) is 1. The Labute approximate surface area is 151 Å². The van der Waals surface area contributed by atoms with Crippen LogP contribution in [0.25, 0.3) is 28.2 Å². The van der Waals surface area contributed by atoms with Gasteiger partial charge in [0.1, 0.15) is 5.65 Å². The van der Waals surface area contributed by atoms with E-state index in [0.717, 1.165) is 22.1 Å². The topological polar surface area (TPSA) is 93.9 Å². The third kappa shape index (κ3) is 4.84. The highest BCUT2D eigenvalue weighted by atomic mass is 19.4. The number of amides is 1. The number of pyridine rings is 2. The summed E-state index contributed by atoms with van der Waals surface area (Å²) >= 11 is 0. The van der Waals surface area contributed by atoms with E-state index in [1.165, 1.54) is 18.3 Å². The molecule has 3 aromatic heterocycles. The fraction of sp³-hybridized carbons (Fsp3) is 0.167. The molecule has 1 amide bonds. The van der Waals surface area contributed by atoms with Crippen LogP contribution in [-0.2, 0) is 4.79 Å². The van der Waals surface area contributed by atoms with Crippen molar-refractivity contribution in [2.45, 2.75) is 12.6 Å². The molecule has 3 aromatic rings. The zero-order valence-electron chi connectivity index (χ0n) is 14.0. The van der Waals surface area contributed by atoms with Gasteiger partial charge in [0.05, 0.1) is 13.0 Å². The molecule has 0 radical (unpaired) electrons. The maximum atomic E-state index is 12.1. The van der Waals surface area contributed by atoms with Crippen LogP contribution in [0.3, 0.4) is 0 Å². The van der Waals surface area contributed by atoms with E-state index in [9.17, 15) is 18.0 Å². The summed E-state index contributed by atoms with van der Waals surface area (Å²) in [7, 11) is 0. The summed E-state index contributed by atoms with van der Waals surface area (Å²) in [4.78, 5) is 22.2. The van der Waals surface area contributed by atoms with E-state index in [4.69, 9.17) is 10.5 Å². The summed E-state index contributed by atoms with van der Waals surface area (Å²) in [6.07, 6.45) is 2.38. The molecule has 27 heavy (non-hydrogen) atoms. The molecule has 0 fully saturated rings. The van der Waals surface area contributed by atoms with Gasteiger partial charge in [0.15, 0.2) is 0 Å². The van der Waals surface area contributed by atoms with E-state index in [2.05, 4.69) is 15.0 Å². The number of halogens is 3. The second-order valence-corrected chi connectivity index (χ2v) is 5.70. The number of carbonyl (C=O) groups excluding carboxylic acids is 1. The Balaban J connectivity index is 1.78. The number of alkyl halides is 3. The third-order valence-corrected chi connectivity index (χ3v) is 3.70. The first-order valence-electron chi connectivity index (χ1n) is 7.92. The highest BCUT2D eigenvalue weighted by molar-refractivity contribution is 5.95. The van der Waals surface area contributed by atoms with Gasteiger partial charge in [-0.25, -0.2) is 9.97 Å². The molecule has 0 aliphatic heterocycles. The fourth-order valence-electron chi connectivity index (χ4n) is 2.40. The second-order valence-electron chi connectivity index (χ2n) is 5.70. The predicted octanol–water partition coefficient (Wildman–Crippen LogP) is 3.45. The number of fused-ring (bicyclic) bond motifs is 1. The average molecular weight is 376 g/mol. The number of nitrogens with one attached hydrogen (secondary N) is 1. The molecule has 3 N–H and O–H groups in total. The minimum atomic E-state index is -4.27. The highest BCUT2D eigenvalue weighted by Gasteiger charge is 2.26. The quantitative estimate of drug-likeness (QED) is 0.644. The number of rotatable bonds is 6. The van der Waals surface area contributed by atoms with Crippen molar-refractivity contribution in [3.63, 3.8) is 0 Å². The van der Waals surface area contributed by atoms with E-state index in [-0.39, 0.29) is 5.88 Å². The Bertz CT molecular complexity index is 978. The van der Waals surface area contributed by atoms with Gasteiger partial charge in [-0.15, -0.1) is 0 Å². The van der Waals surface area contributed by atoms with Crippen molar-refractivity contribution in [1.82, 2.24) is 15.0 Å². The van der Waals surface area contributed by atoms with E-state index in [0.29, 0.717) is 5.65 Å². The van der Waals surface area contributed by atoms with Crippen molar-refractivity contribution in [3.05, 3.63) is 48.4 Å². The molecule has 3 rings (SSSR count). The number of hydrogen-bond acceptors (Lipinski definition) is 4. The SMILES string of the molecule is NC(=O)/C=C/c1c[nH]c2ncc(-c3ccc(OCCC(F)(F)F)nc3)cc12. The molecule has 0 aliphatic carbocycles. The molecule has 9 heteroatoms. The molecule has 0 spiro atoms. The van der Waals surface area contributed by atoms with Crippen LogP contribution >= 0.6 is 0 Å². The van der Waals surface area contributed by atoms with Gasteiger partial charge in [-0.2, -0.15) is 13.2 Å². The van der Waals surface area contributed by atoms with Gasteiger partial charge in [0.2, 0.25) is 11.8 Å². The number of nitrogens with zero attached hydrogens (tertiary/aromatic N) is 2. The van der Waals surface area contributed by atoms with Gasteiger partial charge in [-0.1, -0.05) is 0 Å². The largest absolute Gasteiger partial charge is 0.477 e. The number of primary amides is 1. The van der Waals surface area contributed by atoms with Crippen molar-refractivity contribution < 1.29 is 22.7 Å². The molecule has 0 saturated carbocycles. The molecular formula is C18H15F3N4O2. The summed E-state index contributed by atoms with van der Waals surface area (Å²) in [5.74, 6) is -0.442. The first-order valence-corrected chi connectivity index (χ1v) is 7.92. The Morgan fingerprint density at radius 1 is 1.22 bits per heavy atom. The number of H-pyrrole nitrogens is 1. The predicted molar refractivity (Wildman–Crippen MR) is 93.7 cm³/mol. The average Bonchev–Trinajstić information content (AvgIpc) is 3.02. The smallest absolute Gasteiger partial charge is 0.392 e. The van der Waals surface area contributed by atoms with Crippen LogP contribution in [0.4, 0.5) is 13.2 Å². The zero-order valence-corrected chi connectivity index (χ0v) is 14.0. The maximum Gasteiger partial charge on any atom is 0.392 e. The summed E-state index contributed by atoms with van der Waals surface area (Å²) < 4.78 is 41.4. The van der Waals surface area contributed by atoms with Gasteiger partial charge >= 0.3 is 6.18 Å². The lowest BCUT2D eigenvalue weighted by Gasteiger charge is -2.08. The molecule has 0 atom stereocenters. The minimum Gasteiger partial charge on any atom is -0.477 e. The van der Waals surface area contributed by atoms with Gasteiger partial charge in [0.25, 0.3) is 0 Å². The lowest BCUT2D eigenvalue weighted by molar-refractivity contribution is -0.139. The summed E-state index contributed by atoms with van der Waals surface area (Å²) in [5, 5.41) is 0.788. The van der Waals surface area contributed by atoms with Crippen molar-refractivity contribution in [2.24, 2.45) is 5.73 Å². The van der Waals surface area contributed by atoms with Crippen LogP contribution in [0.1, 0.15) is 12.0 Å². The van der Waals surface area contributed by atoms with E-state index in [1.807, 2.05) is 6.07 Å². The molecule has 6 nitrogen and oxygen atoms in total. The van der Waals surface area contributed by atoms with Gasteiger partial charge < -0.3 is 15.5 Å². The summed E-state index contributed by atoms with van der Waals surface area (Å²) in [6.45, 7) is -0.484. The standard InChI is InChI=1S/C18H15F3N4O2/c19-18(20,21)5-6-27-16-4-2-11(8-23-16)13-7-14-12(1-3-15(22)26)9-24-17(14)25-10-13/h1-4,7-10H,5-6H2,(H2,22,26)(H,24,25)/b3-1+. The van der Waals surface area contributed by atoms with Crippen molar-refractivity contribution in [2.75, 3.05) is 6.61 Å². The first kappa shape index (κ1) is 18.4. The molecule has 140 valence electrons. The molecule has 0 aliphatic rings. The van der Waals surface area contributed by atoms with E-state index in [1.54, 1.807) is 24.5 Å². The zero-order chi connectivity index (χ0) is 19.4. The van der Waals surface area contributed by atoms with Crippen LogP contribution in [0.2, 0.25) is 0 Å². The number of hydrogen-bond donors (Lipinski definition) is 2. The molecule has 0 bridgehead atoms. The monoisotopic (exact) mass is 376 g/mol. The van der Waals surface area contributed by atoms with Gasteiger partial charge in [0, 0.05) is 52.8 Å². The van der Waals surface area contributed by atoms with Gasteiger partial charge in [-0.05, 0) is 18.2 Å². The van der Waals surface area contributed by atoms with Crippen molar-refractivity contribution in [1.29, 1.82) is 0 Å². The second kappa shape index (κ2) is 7.48. The lowest BCUT2D eigenvalue weighted by Crippen LogP contribution is -2.13. The van der Waals surface area contributed by atoms with Crippen LogP contribution in [-0.4, -0.2) is 33.6 Å². The van der Waals surface area contributed by atoms with Gasteiger partial charge in [-0.3, -0.25) is 4.79 Å². The Kier molecular flexibility index (Phi) is 5.11. The van der Waals surface area contributed by atoms with Crippen LogP contribution in [0.15, 0.2) is 42.9 Å². The Morgan fingerprint density at radius 3 is 2.67 bits per heavy atom. The summed E-state index contributed by atoms with van der Waals surface area (Å²) in [5.41, 5.74) is 7.98. The van der Waals surface area contributed by atoms with Crippen molar-refractivity contribution in [3.8, 4) is 17.0 Å². The number of nitrogens with two attached hydrogens (primary N) is 1. The summed E-state index contributed by atoms with van der Waals surface area (Å²) in [6, 6.07) is 5.05. The highest BCUT2D eigenvalue weighted by Crippen LogP contribution is 2.26. The number of aromatic nitrogens is 3. The number of aromatic amines is 1. The molecule has 0 aromatic carbocycles. The first-order chi connectivity index (χ1) is 12.8. The molecule has 0 unspecified atom stereocenters. The number of carbonyl (C=O) groups is 1.